The van der Waals surface area contributed by atoms with E-state index >= 15 is 0 Å². The van der Waals surface area contributed by atoms with Crippen LogP contribution < -0.4 is 10.6 Å². The van der Waals surface area contributed by atoms with Crippen LogP contribution in [0.4, 0.5) is 5.69 Å². The predicted octanol–water partition coefficient (Wildman–Crippen LogP) is 5.68. The van der Waals surface area contributed by atoms with Gasteiger partial charge in [0.15, 0.2) is 0 Å². The lowest BCUT2D eigenvalue weighted by atomic mass is 9.88. The molecule has 9 heteroatoms. The van der Waals surface area contributed by atoms with Crippen molar-refractivity contribution in [2.24, 2.45) is 11.8 Å². The Morgan fingerprint density at radius 2 is 1.80 bits per heavy atom. The summed E-state index contributed by atoms with van der Waals surface area (Å²) in [6, 6.07) is 4.14. The number of phenols is 1. The van der Waals surface area contributed by atoms with Gasteiger partial charge in [0.2, 0.25) is 11.8 Å². The Hall–Kier alpha value is -3.69. The Morgan fingerprint density at radius 3 is 2.53 bits per heavy atom. The standard InChI is InChI=1S/C36H50N2O7/c1-24-14-13-15-27-20-29(22-30(39)21-27)38-33(41)23-31(44-4)18-11-6-5-7-12-19-32(40)25(2)34(24)45-36(43)26(3)37-35(42)28-16-9-8-10-17-28/h5-7,11-12,14,18,20-22,25-26,28,31-32,34,39-40H,8-10,13,15-17,19,23H2,1-4H3,(H,37,42)(H,38,41)/b6-5+,12-7+,18-11+,24-14-/t25-,26+,31-,32-,34-/m0/s1. The van der Waals surface area contributed by atoms with Crippen molar-refractivity contribution >= 4 is 23.5 Å². The van der Waals surface area contributed by atoms with Gasteiger partial charge in [-0.2, -0.15) is 0 Å². The van der Waals surface area contributed by atoms with Crippen molar-refractivity contribution in [3.8, 4) is 5.75 Å². The van der Waals surface area contributed by atoms with E-state index in [1.54, 1.807) is 31.2 Å². The van der Waals surface area contributed by atoms with Gasteiger partial charge >= 0.3 is 5.97 Å². The molecule has 3 rings (SSSR count). The van der Waals surface area contributed by atoms with Crippen molar-refractivity contribution in [3.63, 3.8) is 0 Å². The van der Waals surface area contributed by atoms with Crippen LogP contribution in [0.5, 0.6) is 5.75 Å². The number of aliphatic hydroxyl groups excluding tert-OH is 1. The SMILES string of the molecule is CO[C@H]1/C=C/C=C/C=C/C[C@H](O)[C@H](C)[C@@H](OC(=O)[C@@H](C)NC(=O)C2CCCCC2)/C(C)=C\CCc2cc(O)cc(c2)NC(=O)C1. The number of allylic oxidation sites excluding steroid dienone is 5. The maximum Gasteiger partial charge on any atom is 0.328 e. The van der Waals surface area contributed by atoms with E-state index in [1.165, 1.54) is 13.2 Å². The van der Waals surface area contributed by atoms with E-state index in [-0.39, 0.29) is 29.9 Å². The number of carbonyl (C=O) groups excluding carboxylic acids is 3. The molecule has 0 spiro atoms. The molecule has 1 aromatic carbocycles. The quantitative estimate of drug-likeness (QED) is 0.245. The number of ether oxygens (including phenoxy) is 2. The number of esters is 1. The average Bonchev–Trinajstić information content (AvgIpc) is 3.01. The van der Waals surface area contributed by atoms with Gasteiger partial charge in [-0.1, -0.05) is 68.7 Å². The van der Waals surface area contributed by atoms with E-state index in [4.69, 9.17) is 9.47 Å². The average molecular weight is 623 g/mol. The minimum absolute atomic E-state index is 0.0375. The van der Waals surface area contributed by atoms with Crippen molar-refractivity contribution < 1.29 is 34.1 Å². The molecule has 2 bridgehead atoms. The fourth-order valence-electron chi connectivity index (χ4n) is 5.72. The van der Waals surface area contributed by atoms with Crippen molar-refractivity contribution in [1.82, 2.24) is 5.32 Å². The third kappa shape index (κ3) is 12.0. The van der Waals surface area contributed by atoms with Gasteiger partial charge < -0.3 is 30.3 Å². The van der Waals surface area contributed by atoms with Gasteiger partial charge in [0.05, 0.1) is 18.6 Å². The van der Waals surface area contributed by atoms with Gasteiger partial charge in [0.25, 0.3) is 0 Å². The molecule has 2 amide bonds. The largest absolute Gasteiger partial charge is 0.508 e. The summed E-state index contributed by atoms with van der Waals surface area (Å²) in [6.45, 7) is 5.35. The highest BCUT2D eigenvalue weighted by Crippen LogP contribution is 2.26. The number of amides is 2. The number of fused-ring (bicyclic) bond motifs is 2. The van der Waals surface area contributed by atoms with E-state index in [0.29, 0.717) is 24.9 Å². The molecule has 0 aromatic heterocycles. The Kier molecular flexibility index (Phi) is 14.6. The van der Waals surface area contributed by atoms with Gasteiger partial charge in [0, 0.05) is 30.7 Å². The summed E-state index contributed by atoms with van der Waals surface area (Å²) >= 11 is 0. The first kappa shape index (κ1) is 35.8. The number of phenolic OH excluding ortho intramolecular Hbond substituents is 1. The number of aliphatic hydroxyl groups is 1. The summed E-state index contributed by atoms with van der Waals surface area (Å²) in [6.07, 6.45) is 17.3. The van der Waals surface area contributed by atoms with Crippen LogP contribution in [0, 0.1) is 11.8 Å². The topological polar surface area (TPSA) is 134 Å². The molecule has 45 heavy (non-hydrogen) atoms. The molecule has 2 aliphatic rings. The van der Waals surface area contributed by atoms with Crippen LogP contribution >= 0.6 is 0 Å². The Bertz CT molecular complexity index is 1260. The van der Waals surface area contributed by atoms with Crippen LogP contribution in [0.25, 0.3) is 0 Å². The van der Waals surface area contributed by atoms with E-state index in [9.17, 15) is 24.6 Å². The zero-order chi connectivity index (χ0) is 32.8. The molecule has 9 nitrogen and oxygen atoms in total. The molecule has 0 unspecified atom stereocenters. The molecule has 1 saturated carbocycles. The number of hydrogen-bond donors (Lipinski definition) is 4. The highest BCUT2D eigenvalue weighted by atomic mass is 16.5. The fraction of sp³-hybridized carbons (Fsp3) is 0.528. The maximum absolute atomic E-state index is 13.2. The van der Waals surface area contributed by atoms with Gasteiger partial charge in [-0.3, -0.25) is 9.59 Å². The molecule has 0 saturated heterocycles. The fourth-order valence-corrected chi connectivity index (χ4v) is 5.72. The molecule has 1 aliphatic carbocycles. The summed E-state index contributed by atoms with van der Waals surface area (Å²) in [5, 5.41) is 27.1. The van der Waals surface area contributed by atoms with Crippen LogP contribution in [0.15, 0.2) is 66.3 Å². The zero-order valence-corrected chi connectivity index (χ0v) is 27.0. The van der Waals surface area contributed by atoms with Gasteiger partial charge in [-0.15, -0.1) is 0 Å². The second-order valence-electron chi connectivity index (χ2n) is 12.2. The molecule has 1 fully saturated rings. The van der Waals surface area contributed by atoms with Crippen molar-refractivity contribution in [2.45, 2.75) is 103 Å². The van der Waals surface area contributed by atoms with E-state index in [2.05, 4.69) is 10.6 Å². The van der Waals surface area contributed by atoms with Gasteiger partial charge in [-0.25, -0.2) is 4.79 Å². The number of anilines is 1. The number of benzene rings is 1. The van der Waals surface area contributed by atoms with Crippen LogP contribution in [0.1, 0.15) is 77.7 Å². The Balaban J connectivity index is 1.81. The molecule has 4 N–H and O–H groups in total. The summed E-state index contributed by atoms with van der Waals surface area (Å²) in [4.78, 5) is 38.7. The highest BCUT2D eigenvalue weighted by molar-refractivity contribution is 5.91. The normalized spacial score (nSPS) is 28.2. The van der Waals surface area contributed by atoms with Crippen molar-refractivity contribution in [2.75, 3.05) is 12.4 Å². The number of nitrogens with one attached hydrogen (secondary N) is 2. The predicted molar refractivity (Wildman–Crippen MR) is 175 cm³/mol. The molecular formula is C36H50N2O7. The molecule has 0 radical (unpaired) electrons. The van der Waals surface area contributed by atoms with Crippen LogP contribution in [-0.2, 0) is 30.3 Å². The summed E-state index contributed by atoms with van der Waals surface area (Å²) in [5.74, 6) is -1.37. The lowest BCUT2D eigenvalue weighted by molar-refractivity contribution is -0.155. The molecule has 1 aromatic rings. The third-order valence-electron chi connectivity index (χ3n) is 8.49. The number of carbonyl (C=O) groups is 3. The minimum atomic E-state index is -0.821. The van der Waals surface area contributed by atoms with E-state index < -0.39 is 36.2 Å². The molecule has 1 heterocycles. The summed E-state index contributed by atoms with van der Waals surface area (Å²) in [7, 11) is 1.54. The number of aromatic hydroxyl groups is 1. The summed E-state index contributed by atoms with van der Waals surface area (Å²) in [5.41, 5.74) is 2.08. The number of rotatable bonds is 5. The molecular weight excluding hydrogens is 572 g/mol. The van der Waals surface area contributed by atoms with Crippen molar-refractivity contribution in [3.05, 3.63) is 71.9 Å². The minimum Gasteiger partial charge on any atom is -0.508 e. The van der Waals surface area contributed by atoms with Gasteiger partial charge in [-0.05, 0) is 69.2 Å². The van der Waals surface area contributed by atoms with Gasteiger partial charge in [0.1, 0.15) is 17.9 Å². The van der Waals surface area contributed by atoms with E-state index in [0.717, 1.165) is 43.2 Å². The smallest absolute Gasteiger partial charge is 0.328 e. The van der Waals surface area contributed by atoms with Crippen LogP contribution in [-0.4, -0.2) is 59.5 Å². The highest BCUT2D eigenvalue weighted by Gasteiger charge is 2.31. The maximum atomic E-state index is 13.2. The zero-order valence-electron chi connectivity index (χ0n) is 27.0. The first-order valence-electron chi connectivity index (χ1n) is 16.1. The Morgan fingerprint density at radius 1 is 1.07 bits per heavy atom. The number of aryl methyl sites for hydroxylation is 1. The lowest BCUT2D eigenvalue weighted by Gasteiger charge is -2.30. The Labute approximate surface area is 267 Å². The van der Waals surface area contributed by atoms with Crippen LogP contribution in [0.3, 0.4) is 0 Å². The molecule has 5 atom stereocenters. The molecule has 1 aliphatic heterocycles. The van der Waals surface area contributed by atoms with Crippen molar-refractivity contribution in [1.29, 1.82) is 0 Å². The number of hydrogen-bond acceptors (Lipinski definition) is 7. The lowest BCUT2D eigenvalue weighted by Crippen LogP contribution is -2.45. The second kappa shape index (κ2) is 18.3. The van der Waals surface area contributed by atoms with Crippen LogP contribution in [0.2, 0.25) is 0 Å². The first-order valence-corrected chi connectivity index (χ1v) is 16.1. The molecule has 246 valence electrons. The first-order chi connectivity index (χ1) is 21.6. The summed E-state index contributed by atoms with van der Waals surface area (Å²) < 4.78 is 11.4. The third-order valence-corrected chi connectivity index (χ3v) is 8.49. The monoisotopic (exact) mass is 622 g/mol. The number of methoxy groups -OCH3 is 1. The van der Waals surface area contributed by atoms with E-state index in [1.807, 2.05) is 44.2 Å². The second-order valence-corrected chi connectivity index (χ2v) is 12.2.